The quantitative estimate of drug-likeness (QED) is 0.247. The topological polar surface area (TPSA) is 150 Å². The third kappa shape index (κ3) is 6.62. The van der Waals surface area contributed by atoms with Crippen molar-refractivity contribution in [2.24, 2.45) is 0 Å². The summed E-state index contributed by atoms with van der Waals surface area (Å²) in [6.07, 6.45) is -5.96. The summed E-state index contributed by atoms with van der Waals surface area (Å²) < 4.78 is 32.5. The van der Waals surface area contributed by atoms with Crippen molar-refractivity contribution in [3.05, 3.63) is 34.4 Å². The molecule has 2 rings (SSSR count). The highest BCUT2D eigenvalue weighted by Gasteiger charge is 2.53. The summed E-state index contributed by atoms with van der Waals surface area (Å²) in [5.41, 5.74) is -0.154. The van der Waals surface area contributed by atoms with Gasteiger partial charge in [0.05, 0.1) is 11.5 Å². The number of hydrogen-bond donors (Lipinski definition) is 0. The Morgan fingerprint density at radius 2 is 1.45 bits per heavy atom. The Morgan fingerprint density at radius 3 is 1.94 bits per heavy atom. The molecule has 1 aliphatic rings. The van der Waals surface area contributed by atoms with Gasteiger partial charge in [-0.1, -0.05) is 0 Å². The highest BCUT2D eigenvalue weighted by molar-refractivity contribution is 5.68. The number of carbonyl (C=O) groups is 3. The average Bonchev–Trinajstić information content (AvgIpc) is 2.67. The molecule has 0 saturated carbocycles. The molecule has 1 saturated heterocycles. The van der Waals surface area contributed by atoms with Gasteiger partial charge in [-0.25, -0.2) is 0 Å². The number of nitro groups is 1. The number of esters is 3. The fourth-order valence-electron chi connectivity index (χ4n) is 3.03. The number of nitro benzene ring substituents is 1. The lowest BCUT2D eigenvalue weighted by Gasteiger charge is -2.44. The number of benzene rings is 1. The van der Waals surface area contributed by atoms with Crippen LogP contribution in [0.25, 0.3) is 0 Å². The van der Waals surface area contributed by atoms with Gasteiger partial charge in [0.15, 0.2) is 12.2 Å². The molecular formula is C19H23NO11. The van der Waals surface area contributed by atoms with Crippen LogP contribution in [0.4, 0.5) is 5.69 Å². The third-order valence-electron chi connectivity index (χ3n) is 4.13. The number of carbonyl (C=O) groups excluding carboxylic acids is 3. The molecule has 0 aliphatic carbocycles. The molecule has 0 amide bonds. The first-order chi connectivity index (χ1) is 14.6. The van der Waals surface area contributed by atoms with E-state index >= 15 is 0 Å². The van der Waals surface area contributed by atoms with E-state index in [2.05, 4.69) is 0 Å². The zero-order valence-corrected chi connectivity index (χ0v) is 17.3. The minimum Gasteiger partial charge on any atom is -0.461 e. The van der Waals surface area contributed by atoms with E-state index in [0.29, 0.717) is 0 Å². The molecule has 1 heterocycles. The molecule has 0 unspecified atom stereocenters. The van der Waals surface area contributed by atoms with Crippen molar-refractivity contribution in [1.29, 1.82) is 0 Å². The number of rotatable bonds is 8. The van der Waals surface area contributed by atoms with Crippen LogP contribution < -0.4 is 4.74 Å². The minimum atomic E-state index is -1.31. The minimum absolute atomic E-state index is 0.0668. The number of ether oxygens (including phenoxy) is 6. The van der Waals surface area contributed by atoms with E-state index in [-0.39, 0.29) is 18.0 Å². The van der Waals surface area contributed by atoms with E-state index in [9.17, 15) is 24.5 Å². The maximum Gasteiger partial charge on any atom is 0.303 e. The Labute approximate surface area is 177 Å². The molecule has 31 heavy (non-hydrogen) atoms. The van der Waals surface area contributed by atoms with Crippen LogP contribution in [0.15, 0.2) is 24.3 Å². The van der Waals surface area contributed by atoms with Gasteiger partial charge in [-0.05, 0) is 12.1 Å². The van der Waals surface area contributed by atoms with E-state index in [0.717, 1.165) is 20.8 Å². The summed E-state index contributed by atoms with van der Waals surface area (Å²) in [6.45, 7) is 3.37. The summed E-state index contributed by atoms with van der Waals surface area (Å²) in [5.74, 6) is -1.96. The molecule has 12 nitrogen and oxygen atoms in total. The van der Waals surface area contributed by atoms with Gasteiger partial charge in [0.2, 0.25) is 12.4 Å². The van der Waals surface area contributed by atoms with E-state index in [1.54, 1.807) is 0 Å². The van der Waals surface area contributed by atoms with E-state index in [1.165, 1.54) is 31.4 Å². The fraction of sp³-hybridized carbons (Fsp3) is 0.526. The zero-order chi connectivity index (χ0) is 23.1. The zero-order valence-electron chi connectivity index (χ0n) is 17.3. The van der Waals surface area contributed by atoms with Gasteiger partial charge >= 0.3 is 17.9 Å². The summed E-state index contributed by atoms with van der Waals surface area (Å²) in [7, 11) is 1.39. The normalized spacial score (nSPS) is 25.2. The van der Waals surface area contributed by atoms with Crippen molar-refractivity contribution in [2.45, 2.75) is 51.5 Å². The largest absolute Gasteiger partial charge is 0.461 e. The fourth-order valence-corrected chi connectivity index (χ4v) is 3.03. The number of non-ortho nitro benzene ring substituents is 1. The van der Waals surface area contributed by atoms with Gasteiger partial charge in [0.1, 0.15) is 11.9 Å². The maximum absolute atomic E-state index is 11.7. The second-order valence-electron chi connectivity index (χ2n) is 6.59. The first kappa shape index (κ1) is 24.0. The molecule has 0 bridgehead atoms. The van der Waals surface area contributed by atoms with E-state index < -0.39 is 53.5 Å². The standard InChI is InChI=1S/C19H23NO11/c1-10(21)27-16-15(9-26-4)31-19(18(29-12(3)23)17(16)28-11(2)22)30-14-7-5-13(6-8-14)20(24)25/h5-8,15-19H,9H2,1-4H3/t15-,16-,17+,18+,19+/m1/s1. The summed E-state index contributed by atoms with van der Waals surface area (Å²) in [6, 6.07) is 5.10. The monoisotopic (exact) mass is 441 g/mol. The van der Waals surface area contributed by atoms with Crippen molar-refractivity contribution in [1.82, 2.24) is 0 Å². The average molecular weight is 441 g/mol. The van der Waals surface area contributed by atoms with Crippen molar-refractivity contribution >= 4 is 23.6 Å². The SMILES string of the molecule is COC[C@H]1O[C@H](Oc2ccc([N+](=O)[O-])cc2)[C@@H](OC(C)=O)[C@@H](OC(C)=O)[C@@H]1OC(C)=O. The van der Waals surface area contributed by atoms with Gasteiger partial charge < -0.3 is 28.4 Å². The molecule has 5 atom stereocenters. The smallest absolute Gasteiger partial charge is 0.303 e. The van der Waals surface area contributed by atoms with Crippen molar-refractivity contribution in [3.8, 4) is 5.75 Å². The molecule has 0 spiro atoms. The Kier molecular flexibility index (Phi) is 8.28. The maximum atomic E-state index is 11.7. The van der Waals surface area contributed by atoms with E-state index in [1.807, 2.05) is 0 Å². The number of hydrogen-bond acceptors (Lipinski definition) is 11. The summed E-state index contributed by atoms with van der Waals surface area (Å²) >= 11 is 0. The lowest BCUT2D eigenvalue weighted by molar-refractivity contribution is -0.384. The summed E-state index contributed by atoms with van der Waals surface area (Å²) in [4.78, 5) is 45.3. The van der Waals surface area contributed by atoms with Crippen molar-refractivity contribution in [3.63, 3.8) is 0 Å². The van der Waals surface area contributed by atoms with Gasteiger partial charge in [-0.3, -0.25) is 24.5 Å². The molecule has 12 heteroatoms. The Balaban J connectivity index is 2.40. The Hall–Kier alpha value is -3.25. The van der Waals surface area contributed by atoms with Gasteiger partial charge in [0, 0.05) is 40.0 Å². The van der Waals surface area contributed by atoms with E-state index in [4.69, 9.17) is 28.4 Å². The highest BCUT2D eigenvalue weighted by atomic mass is 16.7. The molecular weight excluding hydrogens is 418 g/mol. The molecule has 0 aromatic heterocycles. The second-order valence-corrected chi connectivity index (χ2v) is 6.59. The third-order valence-corrected chi connectivity index (χ3v) is 4.13. The molecule has 170 valence electrons. The molecule has 0 radical (unpaired) electrons. The number of nitrogens with zero attached hydrogens (tertiary/aromatic N) is 1. The Bertz CT molecular complexity index is 810. The summed E-state index contributed by atoms with van der Waals surface area (Å²) in [5, 5.41) is 10.8. The van der Waals surface area contributed by atoms with Crippen LogP contribution in [0, 0.1) is 10.1 Å². The van der Waals surface area contributed by atoms with Gasteiger partial charge in [-0.15, -0.1) is 0 Å². The predicted molar refractivity (Wildman–Crippen MR) is 101 cm³/mol. The van der Waals surface area contributed by atoms with Gasteiger partial charge in [0.25, 0.3) is 5.69 Å². The molecule has 1 fully saturated rings. The Morgan fingerprint density at radius 1 is 0.935 bits per heavy atom. The van der Waals surface area contributed by atoms with Crippen LogP contribution in [-0.4, -0.2) is 67.3 Å². The highest BCUT2D eigenvalue weighted by Crippen LogP contribution is 2.31. The molecule has 0 N–H and O–H groups in total. The van der Waals surface area contributed by atoms with Crippen LogP contribution in [0.2, 0.25) is 0 Å². The van der Waals surface area contributed by atoms with Gasteiger partial charge in [-0.2, -0.15) is 0 Å². The first-order valence-electron chi connectivity index (χ1n) is 9.19. The van der Waals surface area contributed by atoms with Crippen LogP contribution >= 0.6 is 0 Å². The lowest BCUT2D eigenvalue weighted by atomic mass is 9.98. The lowest BCUT2D eigenvalue weighted by Crippen LogP contribution is -2.63. The van der Waals surface area contributed by atoms with Crippen LogP contribution in [0.1, 0.15) is 20.8 Å². The predicted octanol–water partition coefficient (Wildman–Crippen LogP) is 1.14. The molecule has 1 aliphatic heterocycles. The van der Waals surface area contributed by atoms with Crippen LogP contribution in [0.5, 0.6) is 5.75 Å². The van der Waals surface area contributed by atoms with Crippen LogP contribution in [-0.2, 0) is 38.1 Å². The molecule has 1 aromatic rings. The second kappa shape index (κ2) is 10.7. The van der Waals surface area contributed by atoms with Crippen molar-refractivity contribution in [2.75, 3.05) is 13.7 Å². The first-order valence-corrected chi connectivity index (χ1v) is 9.19. The molecule has 1 aromatic carbocycles. The number of methoxy groups -OCH3 is 1. The van der Waals surface area contributed by atoms with Crippen molar-refractivity contribution < 1.29 is 47.7 Å². The van der Waals surface area contributed by atoms with Crippen LogP contribution in [0.3, 0.4) is 0 Å².